The van der Waals surface area contributed by atoms with E-state index in [0.717, 1.165) is 5.56 Å². The molecule has 0 N–H and O–H groups in total. The highest BCUT2D eigenvalue weighted by molar-refractivity contribution is 6.30. The minimum atomic E-state index is -0.0839. The fourth-order valence-corrected chi connectivity index (χ4v) is 2.91. The van der Waals surface area contributed by atoms with Gasteiger partial charge in [-0.25, -0.2) is 0 Å². The lowest BCUT2D eigenvalue weighted by molar-refractivity contribution is -0.141. The van der Waals surface area contributed by atoms with Crippen LogP contribution in [0, 0.1) is 6.92 Å². The van der Waals surface area contributed by atoms with Gasteiger partial charge < -0.3 is 14.4 Å². The number of morpholine rings is 1. The van der Waals surface area contributed by atoms with Gasteiger partial charge in [-0.2, -0.15) is 0 Å². The Labute approximate surface area is 146 Å². The second kappa shape index (κ2) is 7.69. The van der Waals surface area contributed by atoms with E-state index in [-0.39, 0.29) is 18.6 Å². The van der Waals surface area contributed by atoms with Crippen molar-refractivity contribution in [2.45, 2.75) is 13.0 Å². The lowest BCUT2D eigenvalue weighted by Crippen LogP contribution is -2.44. The van der Waals surface area contributed by atoms with E-state index in [1.807, 2.05) is 12.1 Å². The largest absolute Gasteiger partial charge is 0.484 e. The van der Waals surface area contributed by atoms with Gasteiger partial charge >= 0.3 is 0 Å². The standard InChI is InChI=1S/C19H20ClNO3/c1-14-4-2-3-5-17(14)18-12-21(10-11-23-18)19(22)13-24-16-8-6-15(20)7-9-16/h2-9,18H,10-13H2,1H3. The maximum atomic E-state index is 12.4. The van der Waals surface area contributed by atoms with Crippen LogP contribution in [0.2, 0.25) is 5.02 Å². The lowest BCUT2D eigenvalue weighted by Gasteiger charge is -2.33. The molecule has 2 aromatic rings. The number of ether oxygens (including phenoxy) is 2. The molecule has 3 rings (SSSR count). The third-order valence-electron chi connectivity index (χ3n) is 4.13. The Hall–Kier alpha value is -2.04. The van der Waals surface area contributed by atoms with E-state index in [0.29, 0.717) is 30.5 Å². The van der Waals surface area contributed by atoms with Crippen molar-refractivity contribution >= 4 is 17.5 Å². The molecule has 1 unspecified atom stereocenters. The first-order valence-corrected chi connectivity index (χ1v) is 8.34. The molecule has 1 heterocycles. The summed E-state index contributed by atoms with van der Waals surface area (Å²) in [7, 11) is 0. The third kappa shape index (κ3) is 4.08. The molecule has 1 saturated heterocycles. The van der Waals surface area contributed by atoms with Gasteiger partial charge in [0.1, 0.15) is 11.9 Å². The van der Waals surface area contributed by atoms with Gasteiger partial charge in [-0.3, -0.25) is 4.79 Å². The van der Waals surface area contributed by atoms with Crippen LogP contribution in [-0.4, -0.2) is 37.1 Å². The predicted octanol–water partition coefficient (Wildman–Crippen LogP) is 3.63. The molecule has 4 nitrogen and oxygen atoms in total. The van der Waals surface area contributed by atoms with Gasteiger partial charge in [-0.05, 0) is 42.3 Å². The predicted molar refractivity (Wildman–Crippen MR) is 93.4 cm³/mol. The van der Waals surface area contributed by atoms with Gasteiger partial charge in [0.05, 0.1) is 13.2 Å². The molecular weight excluding hydrogens is 326 g/mol. The van der Waals surface area contributed by atoms with E-state index in [9.17, 15) is 4.79 Å². The second-order valence-electron chi connectivity index (χ2n) is 5.80. The van der Waals surface area contributed by atoms with E-state index in [1.165, 1.54) is 5.56 Å². The van der Waals surface area contributed by atoms with Gasteiger partial charge in [0, 0.05) is 11.6 Å². The van der Waals surface area contributed by atoms with Crippen LogP contribution in [0.25, 0.3) is 0 Å². The highest BCUT2D eigenvalue weighted by atomic mass is 35.5. The maximum Gasteiger partial charge on any atom is 0.260 e. The van der Waals surface area contributed by atoms with E-state index in [2.05, 4.69) is 19.1 Å². The summed E-state index contributed by atoms with van der Waals surface area (Å²) in [5.41, 5.74) is 2.31. The van der Waals surface area contributed by atoms with Crippen molar-refractivity contribution in [2.24, 2.45) is 0 Å². The number of rotatable bonds is 4. The number of carbonyl (C=O) groups is 1. The van der Waals surface area contributed by atoms with Crippen LogP contribution in [0.4, 0.5) is 0 Å². The van der Waals surface area contributed by atoms with Crippen LogP contribution >= 0.6 is 11.6 Å². The molecule has 1 aliphatic heterocycles. The van der Waals surface area contributed by atoms with Gasteiger partial charge in [-0.15, -0.1) is 0 Å². The van der Waals surface area contributed by atoms with Crippen LogP contribution < -0.4 is 4.74 Å². The number of aryl methyl sites for hydroxylation is 1. The summed E-state index contributed by atoms with van der Waals surface area (Å²) in [5, 5.41) is 0.642. The molecule has 0 radical (unpaired) electrons. The van der Waals surface area contributed by atoms with Crippen LogP contribution in [-0.2, 0) is 9.53 Å². The monoisotopic (exact) mass is 345 g/mol. The number of nitrogens with zero attached hydrogens (tertiary/aromatic N) is 1. The van der Waals surface area contributed by atoms with Crippen molar-refractivity contribution < 1.29 is 14.3 Å². The Bertz CT molecular complexity index is 702. The summed E-state index contributed by atoms with van der Waals surface area (Å²) in [6.07, 6.45) is -0.0839. The first kappa shape index (κ1) is 16.8. The Morgan fingerprint density at radius 2 is 2.00 bits per heavy atom. The Kier molecular flexibility index (Phi) is 5.38. The Balaban J connectivity index is 1.59. The number of hydrogen-bond donors (Lipinski definition) is 0. The number of halogens is 1. The van der Waals surface area contributed by atoms with Crippen molar-refractivity contribution in [1.82, 2.24) is 4.90 Å². The summed E-state index contributed by atoms with van der Waals surface area (Å²) in [4.78, 5) is 14.2. The summed E-state index contributed by atoms with van der Waals surface area (Å²) in [5.74, 6) is 0.600. The van der Waals surface area contributed by atoms with Crippen LogP contribution in [0.15, 0.2) is 48.5 Å². The van der Waals surface area contributed by atoms with Crippen molar-refractivity contribution in [2.75, 3.05) is 26.3 Å². The molecule has 126 valence electrons. The summed E-state index contributed by atoms with van der Waals surface area (Å²) < 4.78 is 11.4. The van der Waals surface area contributed by atoms with Crippen molar-refractivity contribution in [3.63, 3.8) is 0 Å². The summed E-state index contributed by atoms with van der Waals surface area (Å²) >= 11 is 5.84. The highest BCUT2D eigenvalue weighted by Crippen LogP contribution is 2.25. The average molecular weight is 346 g/mol. The Morgan fingerprint density at radius 1 is 1.25 bits per heavy atom. The summed E-state index contributed by atoms with van der Waals surface area (Å²) in [6.45, 7) is 3.75. The fourth-order valence-electron chi connectivity index (χ4n) is 2.78. The van der Waals surface area contributed by atoms with E-state index >= 15 is 0 Å². The van der Waals surface area contributed by atoms with Crippen LogP contribution in [0.3, 0.4) is 0 Å². The molecule has 0 spiro atoms. The minimum Gasteiger partial charge on any atom is -0.484 e. The SMILES string of the molecule is Cc1ccccc1C1CN(C(=O)COc2ccc(Cl)cc2)CCO1. The fraction of sp³-hybridized carbons (Fsp3) is 0.316. The normalized spacial score (nSPS) is 17.6. The molecule has 2 aromatic carbocycles. The molecule has 0 aliphatic carbocycles. The van der Waals surface area contributed by atoms with Gasteiger partial charge in [0.2, 0.25) is 0 Å². The first-order valence-electron chi connectivity index (χ1n) is 7.97. The van der Waals surface area contributed by atoms with Crippen LogP contribution in [0.1, 0.15) is 17.2 Å². The topological polar surface area (TPSA) is 38.8 Å². The zero-order valence-corrected chi connectivity index (χ0v) is 14.3. The Morgan fingerprint density at radius 3 is 2.75 bits per heavy atom. The van der Waals surface area contributed by atoms with Crippen LogP contribution in [0.5, 0.6) is 5.75 Å². The molecule has 1 amide bonds. The summed E-state index contributed by atoms with van der Waals surface area (Å²) in [6, 6.07) is 15.1. The molecule has 0 saturated carbocycles. The van der Waals surface area contributed by atoms with E-state index in [1.54, 1.807) is 29.2 Å². The molecule has 0 bridgehead atoms. The number of carbonyl (C=O) groups excluding carboxylic acids is 1. The number of amides is 1. The molecule has 1 atom stereocenters. The molecule has 1 aliphatic rings. The maximum absolute atomic E-state index is 12.4. The number of benzene rings is 2. The zero-order chi connectivity index (χ0) is 16.9. The van der Waals surface area contributed by atoms with E-state index in [4.69, 9.17) is 21.1 Å². The molecule has 5 heteroatoms. The third-order valence-corrected chi connectivity index (χ3v) is 4.38. The number of hydrogen-bond acceptors (Lipinski definition) is 3. The van der Waals surface area contributed by atoms with Crippen molar-refractivity contribution in [3.8, 4) is 5.75 Å². The molecule has 24 heavy (non-hydrogen) atoms. The smallest absolute Gasteiger partial charge is 0.260 e. The van der Waals surface area contributed by atoms with Gasteiger partial charge in [-0.1, -0.05) is 35.9 Å². The molecular formula is C19H20ClNO3. The highest BCUT2D eigenvalue weighted by Gasteiger charge is 2.26. The average Bonchev–Trinajstić information content (AvgIpc) is 2.61. The first-order chi connectivity index (χ1) is 11.6. The lowest BCUT2D eigenvalue weighted by atomic mass is 10.0. The quantitative estimate of drug-likeness (QED) is 0.849. The van der Waals surface area contributed by atoms with Gasteiger partial charge in [0.15, 0.2) is 6.61 Å². The van der Waals surface area contributed by atoms with Crippen molar-refractivity contribution in [1.29, 1.82) is 0 Å². The molecule has 1 fully saturated rings. The van der Waals surface area contributed by atoms with E-state index < -0.39 is 0 Å². The van der Waals surface area contributed by atoms with Gasteiger partial charge in [0.25, 0.3) is 5.91 Å². The molecule has 0 aromatic heterocycles. The second-order valence-corrected chi connectivity index (χ2v) is 6.23. The zero-order valence-electron chi connectivity index (χ0n) is 13.6. The van der Waals surface area contributed by atoms with Crippen molar-refractivity contribution in [3.05, 3.63) is 64.7 Å². The minimum absolute atomic E-state index is 0.0160.